The quantitative estimate of drug-likeness (QED) is 0.719. The Morgan fingerprint density at radius 2 is 2.47 bits per heavy atom. The first-order chi connectivity index (χ1) is 7.06. The molecule has 0 aromatic rings. The zero-order valence-corrected chi connectivity index (χ0v) is 9.46. The largest absolute Gasteiger partial charge is 0.400 e. The standard InChI is InChI=1S/C10H15ClN4/c1-3-7-4-5-14-9(8(7)13)10(11)15-6(2)12/h5,7H,2-4,12-13H2,1H3. The van der Waals surface area contributed by atoms with Crippen LogP contribution in [-0.4, -0.2) is 11.4 Å². The van der Waals surface area contributed by atoms with Crippen molar-refractivity contribution in [1.29, 1.82) is 0 Å². The van der Waals surface area contributed by atoms with Crippen LogP contribution in [-0.2, 0) is 0 Å². The zero-order chi connectivity index (χ0) is 11.4. The molecule has 5 heteroatoms. The summed E-state index contributed by atoms with van der Waals surface area (Å²) < 4.78 is 0. The maximum Gasteiger partial charge on any atom is 0.158 e. The minimum Gasteiger partial charge on any atom is -0.400 e. The Morgan fingerprint density at radius 1 is 1.80 bits per heavy atom. The van der Waals surface area contributed by atoms with E-state index in [-0.39, 0.29) is 16.9 Å². The molecule has 0 spiro atoms. The van der Waals surface area contributed by atoms with Gasteiger partial charge >= 0.3 is 0 Å². The molecule has 1 heterocycles. The molecule has 4 nitrogen and oxygen atoms in total. The molecule has 15 heavy (non-hydrogen) atoms. The van der Waals surface area contributed by atoms with Crippen LogP contribution in [0.3, 0.4) is 0 Å². The summed E-state index contributed by atoms with van der Waals surface area (Å²) in [6.07, 6.45) is 3.60. The average molecular weight is 227 g/mol. The molecule has 0 radical (unpaired) electrons. The third-order valence-electron chi connectivity index (χ3n) is 2.25. The van der Waals surface area contributed by atoms with E-state index in [2.05, 4.69) is 23.5 Å². The minimum absolute atomic E-state index is 0.147. The van der Waals surface area contributed by atoms with Gasteiger partial charge in [-0.25, -0.2) is 4.99 Å². The van der Waals surface area contributed by atoms with Crippen LogP contribution < -0.4 is 11.5 Å². The van der Waals surface area contributed by atoms with Gasteiger partial charge in [0.2, 0.25) is 0 Å². The van der Waals surface area contributed by atoms with Gasteiger partial charge in [0.25, 0.3) is 0 Å². The highest BCUT2D eigenvalue weighted by molar-refractivity contribution is 6.69. The van der Waals surface area contributed by atoms with Crippen molar-refractivity contribution >= 4 is 23.0 Å². The number of hydrogen-bond donors (Lipinski definition) is 2. The monoisotopic (exact) mass is 226 g/mol. The van der Waals surface area contributed by atoms with Crippen LogP contribution in [0.5, 0.6) is 0 Å². The summed E-state index contributed by atoms with van der Waals surface area (Å²) in [5.41, 5.74) is 12.5. The second-order valence-corrected chi connectivity index (χ2v) is 3.71. The fourth-order valence-corrected chi connectivity index (χ4v) is 1.67. The molecule has 1 aliphatic rings. The second-order valence-electron chi connectivity index (χ2n) is 3.35. The van der Waals surface area contributed by atoms with Gasteiger partial charge < -0.3 is 11.5 Å². The number of allylic oxidation sites excluding steroid dienone is 2. The average Bonchev–Trinajstić information content (AvgIpc) is 2.17. The number of nitrogens with zero attached hydrogens (tertiary/aromatic N) is 2. The summed E-state index contributed by atoms with van der Waals surface area (Å²) in [4.78, 5) is 7.97. The van der Waals surface area contributed by atoms with E-state index >= 15 is 0 Å². The van der Waals surface area contributed by atoms with Crippen molar-refractivity contribution in [3.8, 4) is 0 Å². The predicted octanol–water partition coefficient (Wildman–Crippen LogP) is 1.72. The van der Waals surface area contributed by atoms with E-state index in [0.29, 0.717) is 11.4 Å². The summed E-state index contributed by atoms with van der Waals surface area (Å²) in [5.74, 6) is 0.432. The smallest absolute Gasteiger partial charge is 0.158 e. The predicted molar refractivity (Wildman–Crippen MR) is 64.7 cm³/mol. The summed E-state index contributed by atoms with van der Waals surface area (Å²) in [5, 5.41) is 0.203. The summed E-state index contributed by atoms with van der Waals surface area (Å²) >= 11 is 5.93. The van der Waals surface area contributed by atoms with E-state index < -0.39 is 0 Å². The lowest BCUT2D eigenvalue weighted by molar-refractivity contribution is 0.602. The Morgan fingerprint density at radius 3 is 3.00 bits per heavy atom. The van der Waals surface area contributed by atoms with Crippen molar-refractivity contribution < 1.29 is 0 Å². The highest BCUT2D eigenvalue weighted by atomic mass is 35.5. The summed E-state index contributed by atoms with van der Waals surface area (Å²) in [6, 6.07) is 0. The fourth-order valence-electron chi connectivity index (χ4n) is 1.40. The van der Waals surface area contributed by atoms with Crippen molar-refractivity contribution in [3.63, 3.8) is 0 Å². The van der Waals surface area contributed by atoms with Gasteiger partial charge in [-0.1, -0.05) is 25.1 Å². The Labute approximate surface area is 94.4 Å². The van der Waals surface area contributed by atoms with Crippen molar-refractivity contribution in [2.45, 2.75) is 19.8 Å². The summed E-state index contributed by atoms with van der Waals surface area (Å²) in [6.45, 7) is 5.52. The molecule has 0 saturated carbocycles. The minimum atomic E-state index is 0.147. The maximum absolute atomic E-state index is 5.94. The van der Waals surface area contributed by atoms with Gasteiger partial charge in [0.05, 0.1) is 0 Å². The van der Waals surface area contributed by atoms with Gasteiger partial charge in [0.15, 0.2) is 5.17 Å². The van der Waals surface area contributed by atoms with Crippen molar-refractivity contribution in [1.82, 2.24) is 0 Å². The molecular weight excluding hydrogens is 212 g/mol. The number of halogens is 1. The first kappa shape index (κ1) is 11.8. The lowest BCUT2D eigenvalue weighted by Crippen LogP contribution is -2.20. The number of nitrogens with two attached hydrogens (primary N) is 2. The first-order valence-corrected chi connectivity index (χ1v) is 5.15. The molecule has 82 valence electrons. The molecule has 0 aromatic carbocycles. The molecular formula is C10H15ClN4. The Balaban J connectivity index is 3.02. The molecule has 4 N–H and O–H groups in total. The van der Waals surface area contributed by atoms with Crippen LogP contribution >= 0.6 is 11.6 Å². The van der Waals surface area contributed by atoms with Gasteiger partial charge in [0, 0.05) is 17.8 Å². The van der Waals surface area contributed by atoms with Crippen LogP contribution in [0.15, 0.2) is 33.8 Å². The lowest BCUT2D eigenvalue weighted by Gasteiger charge is -2.19. The Hall–Kier alpha value is -1.29. The van der Waals surface area contributed by atoms with Crippen molar-refractivity contribution in [2.75, 3.05) is 0 Å². The molecule has 1 unspecified atom stereocenters. The van der Waals surface area contributed by atoms with Crippen molar-refractivity contribution in [3.05, 3.63) is 23.8 Å². The van der Waals surface area contributed by atoms with Gasteiger partial charge in [-0.3, -0.25) is 4.99 Å². The molecule has 0 saturated heterocycles. The number of hydrogen-bond acceptors (Lipinski definition) is 4. The molecule has 0 aromatic heterocycles. The molecule has 0 amide bonds. The fraction of sp³-hybridized carbons (Fsp3) is 0.400. The Bertz CT molecular complexity index is 354. The van der Waals surface area contributed by atoms with Crippen LogP contribution in [0.25, 0.3) is 0 Å². The highest BCUT2D eigenvalue weighted by Gasteiger charge is 2.19. The molecule has 1 aliphatic heterocycles. The van der Waals surface area contributed by atoms with Gasteiger partial charge in [0.1, 0.15) is 11.5 Å². The molecule has 1 rings (SSSR count). The normalized spacial score (nSPS) is 22.0. The Kier molecular flexibility index (Phi) is 3.91. The molecule has 0 bridgehead atoms. The topological polar surface area (TPSA) is 76.8 Å². The van der Waals surface area contributed by atoms with Crippen molar-refractivity contribution in [2.24, 2.45) is 27.4 Å². The number of rotatable bonds is 3. The molecule has 1 atom stereocenters. The van der Waals surface area contributed by atoms with E-state index in [1.165, 1.54) is 0 Å². The first-order valence-electron chi connectivity index (χ1n) is 4.77. The zero-order valence-electron chi connectivity index (χ0n) is 8.70. The highest BCUT2D eigenvalue weighted by Crippen LogP contribution is 2.24. The van der Waals surface area contributed by atoms with E-state index in [1.54, 1.807) is 6.21 Å². The van der Waals surface area contributed by atoms with E-state index in [9.17, 15) is 0 Å². The third kappa shape index (κ3) is 2.83. The van der Waals surface area contributed by atoms with Gasteiger partial charge in [-0.15, -0.1) is 0 Å². The van der Waals surface area contributed by atoms with Crippen LogP contribution in [0.1, 0.15) is 19.8 Å². The summed E-state index contributed by atoms with van der Waals surface area (Å²) in [7, 11) is 0. The maximum atomic E-state index is 5.94. The third-order valence-corrected chi connectivity index (χ3v) is 2.52. The molecule has 0 aliphatic carbocycles. The van der Waals surface area contributed by atoms with Crippen LogP contribution in [0, 0.1) is 5.92 Å². The lowest BCUT2D eigenvalue weighted by atomic mass is 9.96. The molecule has 0 fully saturated rings. The van der Waals surface area contributed by atoms with Gasteiger partial charge in [-0.05, 0) is 12.8 Å². The van der Waals surface area contributed by atoms with E-state index in [4.69, 9.17) is 23.1 Å². The van der Waals surface area contributed by atoms with E-state index in [1.807, 2.05) is 0 Å². The second kappa shape index (κ2) is 4.98. The SMILES string of the molecule is C=C(N)N=C(Cl)C1=C(N)C(CC)CC=N1. The van der Waals surface area contributed by atoms with Gasteiger partial charge in [-0.2, -0.15) is 0 Å². The number of aliphatic imine (C=N–C) groups is 2. The van der Waals surface area contributed by atoms with E-state index in [0.717, 1.165) is 12.8 Å². The van der Waals surface area contributed by atoms with Crippen LogP contribution in [0.2, 0.25) is 0 Å². The van der Waals surface area contributed by atoms with Crippen LogP contribution in [0.4, 0.5) is 0 Å².